The summed E-state index contributed by atoms with van der Waals surface area (Å²) in [4.78, 5) is 26.2. The van der Waals surface area contributed by atoms with Crippen molar-refractivity contribution in [1.82, 2.24) is 0 Å². The largest absolute Gasteiger partial charge is 0.497 e. The lowest BCUT2D eigenvalue weighted by Gasteiger charge is -2.03. The lowest BCUT2D eigenvalue weighted by Crippen LogP contribution is -2.10. The van der Waals surface area contributed by atoms with Crippen molar-refractivity contribution in [3.8, 4) is 5.75 Å². The fourth-order valence-corrected chi connectivity index (χ4v) is 1.63. The number of hydrogen-bond donors (Lipinski definition) is 1. The average Bonchev–Trinajstić information content (AvgIpc) is 2.56. The van der Waals surface area contributed by atoms with E-state index in [1.807, 2.05) is 0 Å². The van der Waals surface area contributed by atoms with E-state index in [0.717, 1.165) is 0 Å². The number of benzene rings is 2. The number of nitro groups is 1. The van der Waals surface area contributed by atoms with E-state index in [0.29, 0.717) is 17.0 Å². The van der Waals surface area contributed by atoms with Crippen LogP contribution in [-0.4, -0.2) is 24.3 Å². The molecule has 0 radical (unpaired) electrons. The van der Waals surface area contributed by atoms with Crippen molar-refractivity contribution >= 4 is 23.7 Å². The Balaban J connectivity index is 1.86. The van der Waals surface area contributed by atoms with Gasteiger partial charge in [0.15, 0.2) is 0 Å². The fraction of sp³-hybridized carbons (Fsp3) is 0.0667. The molecule has 1 amide bonds. The third-order valence-corrected chi connectivity index (χ3v) is 2.78. The van der Waals surface area contributed by atoms with Crippen molar-refractivity contribution in [2.75, 3.05) is 12.4 Å². The van der Waals surface area contributed by atoms with Crippen LogP contribution in [0.25, 0.3) is 0 Å². The highest BCUT2D eigenvalue weighted by atomic mass is 16.7. The number of nitrogens with zero attached hydrogens (tertiary/aromatic N) is 2. The third kappa shape index (κ3) is 4.81. The SMILES string of the molecule is COc1ccc(NC(=O)O/N=C\c2ccc([N+](=O)[O-])cc2)cc1. The number of carbonyl (C=O) groups is 1. The van der Waals surface area contributed by atoms with E-state index in [-0.39, 0.29) is 5.69 Å². The molecule has 0 fully saturated rings. The predicted octanol–water partition coefficient (Wildman–Crippen LogP) is 3.19. The van der Waals surface area contributed by atoms with Crippen molar-refractivity contribution < 1.29 is 19.3 Å². The van der Waals surface area contributed by atoms with Crippen LogP contribution in [0.2, 0.25) is 0 Å². The Kier molecular flexibility index (Phi) is 5.24. The molecule has 0 aromatic heterocycles. The zero-order chi connectivity index (χ0) is 16.7. The molecular weight excluding hydrogens is 302 g/mol. The number of carbonyl (C=O) groups excluding carboxylic acids is 1. The second-order valence-corrected chi connectivity index (χ2v) is 4.32. The molecule has 0 saturated carbocycles. The Morgan fingerprint density at radius 2 is 1.83 bits per heavy atom. The van der Waals surface area contributed by atoms with Gasteiger partial charge in [-0.3, -0.25) is 20.3 Å². The number of anilines is 1. The Hall–Kier alpha value is -3.42. The van der Waals surface area contributed by atoms with E-state index < -0.39 is 11.0 Å². The number of non-ortho nitro benzene ring substituents is 1. The lowest BCUT2D eigenvalue weighted by molar-refractivity contribution is -0.384. The quantitative estimate of drug-likeness (QED) is 0.395. The molecule has 0 heterocycles. The van der Waals surface area contributed by atoms with Crippen LogP contribution >= 0.6 is 0 Å². The Morgan fingerprint density at radius 1 is 1.17 bits per heavy atom. The zero-order valence-corrected chi connectivity index (χ0v) is 12.1. The molecule has 0 saturated heterocycles. The van der Waals surface area contributed by atoms with E-state index in [1.165, 1.54) is 30.5 Å². The van der Waals surface area contributed by atoms with Crippen LogP contribution in [0.5, 0.6) is 5.75 Å². The van der Waals surface area contributed by atoms with E-state index in [1.54, 1.807) is 31.4 Å². The van der Waals surface area contributed by atoms with Gasteiger partial charge in [0, 0.05) is 17.8 Å². The van der Waals surface area contributed by atoms with Gasteiger partial charge in [-0.05, 0) is 42.0 Å². The molecule has 0 aliphatic carbocycles. The zero-order valence-electron chi connectivity index (χ0n) is 12.1. The van der Waals surface area contributed by atoms with E-state index in [4.69, 9.17) is 4.74 Å². The summed E-state index contributed by atoms with van der Waals surface area (Å²) in [5.41, 5.74) is 1.06. The highest BCUT2D eigenvalue weighted by molar-refractivity contribution is 5.86. The molecule has 2 aromatic rings. The first-order chi connectivity index (χ1) is 11.1. The number of oxime groups is 1. The molecule has 8 heteroatoms. The van der Waals surface area contributed by atoms with Crippen molar-refractivity contribution in [3.05, 3.63) is 64.2 Å². The molecule has 2 aromatic carbocycles. The average molecular weight is 315 g/mol. The smallest absolute Gasteiger partial charge is 0.437 e. The molecule has 118 valence electrons. The number of hydrogen-bond acceptors (Lipinski definition) is 6. The third-order valence-electron chi connectivity index (χ3n) is 2.78. The van der Waals surface area contributed by atoms with Gasteiger partial charge >= 0.3 is 6.09 Å². The number of ether oxygens (including phenoxy) is 1. The standard InChI is InChI=1S/C15H13N3O5/c1-22-14-8-4-12(5-9-14)17-15(19)23-16-10-11-2-6-13(7-3-11)18(20)21/h2-10H,1H3,(H,17,19)/b16-10-. The van der Waals surface area contributed by atoms with Crippen LogP contribution in [0, 0.1) is 10.1 Å². The Morgan fingerprint density at radius 3 is 2.39 bits per heavy atom. The minimum absolute atomic E-state index is 0.0275. The van der Waals surface area contributed by atoms with Gasteiger partial charge < -0.3 is 4.74 Å². The number of nitrogens with one attached hydrogen (secondary N) is 1. The molecule has 2 rings (SSSR count). The number of methoxy groups -OCH3 is 1. The van der Waals surface area contributed by atoms with Gasteiger partial charge in [-0.25, -0.2) is 4.79 Å². The summed E-state index contributed by atoms with van der Waals surface area (Å²) in [6.45, 7) is 0. The van der Waals surface area contributed by atoms with Gasteiger partial charge in [0.25, 0.3) is 5.69 Å². The van der Waals surface area contributed by atoms with Crippen LogP contribution in [0.1, 0.15) is 5.56 Å². The molecule has 0 aliphatic heterocycles. The van der Waals surface area contributed by atoms with Gasteiger partial charge in [-0.15, -0.1) is 0 Å². The number of nitro benzene ring substituents is 1. The topological polar surface area (TPSA) is 103 Å². The maximum absolute atomic E-state index is 11.5. The van der Waals surface area contributed by atoms with Crippen molar-refractivity contribution in [3.63, 3.8) is 0 Å². The Labute approximate surface area is 131 Å². The van der Waals surface area contributed by atoms with Crippen molar-refractivity contribution in [2.45, 2.75) is 0 Å². The number of rotatable bonds is 5. The van der Waals surface area contributed by atoms with Crippen LogP contribution in [-0.2, 0) is 4.84 Å². The monoisotopic (exact) mass is 315 g/mol. The van der Waals surface area contributed by atoms with Gasteiger partial charge in [0.1, 0.15) is 5.75 Å². The maximum Gasteiger partial charge on any atom is 0.437 e. The van der Waals surface area contributed by atoms with Crippen LogP contribution in [0.15, 0.2) is 53.7 Å². The van der Waals surface area contributed by atoms with Gasteiger partial charge in [0.05, 0.1) is 18.2 Å². The molecule has 0 aliphatic rings. The van der Waals surface area contributed by atoms with Crippen molar-refractivity contribution in [2.24, 2.45) is 5.16 Å². The molecule has 0 spiro atoms. The lowest BCUT2D eigenvalue weighted by atomic mass is 10.2. The molecule has 1 N–H and O–H groups in total. The normalized spacial score (nSPS) is 10.3. The van der Waals surface area contributed by atoms with Gasteiger partial charge in [-0.1, -0.05) is 5.16 Å². The molecular formula is C15H13N3O5. The second kappa shape index (κ2) is 7.55. The summed E-state index contributed by atoms with van der Waals surface area (Å²) in [5, 5.41) is 16.5. The molecule has 0 atom stereocenters. The highest BCUT2D eigenvalue weighted by Gasteiger charge is 2.04. The first-order valence-corrected chi connectivity index (χ1v) is 6.48. The Bertz CT molecular complexity index is 711. The maximum atomic E-state index is 11.5. The van der Waals surface area contributed by atoms with Gasteiger partial charge in [-0.2, -0.15) is 0 Å². The minimum Gasteiger partial charge on any atom is -0.497 e. The predicted molar refractivity (Wildman–Crippen MR) is 83.8 cm³/mol. The fourth-order valence-electron chi connectivity index (χ4n) is 1.63. The van der Waals surface area contributed by atoms with E-state index in [2.05, 4.69) is 15.3 Å². The molecule has 0 unspecified atom stereocenters. The minimum atomic E-state index is -0.756. The van der Waals surface area contributed by atoms with Gasteiger partial charge in [0.2, 0.25) is 0 Å². The summed E-state index contributed by atoms with van der Waals surface area (Å²) < 4.78 is 5.00. The summed E-state index contributed by atoms with van der Waals surface area (Å²) >= 11 is 0. The highest BCUT2D eigenvalue weighted by Crippen LogP contribution is 2.15. The second-order valence-electron chi connectivity index (χ2n) is 4.32. The summed E-state index contributed by atoms with van der Waals surface area (Å²) in [7, 11) is 1.55. The summed E-state index contributed by atoms with van der Waals surface area (Å²) in [6.07, 6.45) is 0.519. The summed E-state index contributed by atoms with van der Waals surface area (Å²) in [5.74, 6) is 0.667. The molecule has 8 nitrogen and oxygen atoms in total. The van der Waals surface area contributed by atoms with E-state index in [9.17, 15) is 14.9 Å². The van der Waals surface area contributed by atoms with Crippen LogP contribution in [0.3, 0.4) is 0 Å². The molecule has 23 heavy (non-hydrogen) atoms. The molecule has 0 bridgehead atoms. The van der Waals surface area contributed by atoms with Crippen molar-refractivity contribution in [1.29, 1.82) is 0 Å². The summed E-state index contributed by atoms with van der Waals surface area (Å²) in [6, 6.07) is 12.3. The van der Waals surface area contributed by atoms with Crippen LogP contribution < -0.4 is 10.1 Å². The number of amides is 1. The first kappa shape index (κ1) is 16.0. The van der Waals surface area contributed by atoms with Crippen LogP contribution in [0.4, 0.5) is 16.2 Å². The van der Waals surface area contributed by atoms with E-state index >= 15 is 0 Å². The first-order valence-electron chi connectivity index (χ1n) is 6.48.